The molecule has 0 aromatic carbocycles. The maximum Gasteiger partial charge on any atom is 0.108 e. The van der Waals surface area contributed by atoms with Crippen LogP contribution in [0.1, 0.15) is 137 Å². The first-order valence-electron chi connectivity index (χ1n) is 17.6. The molecule has 3 fully saturated rings. The monoisotopic (exact) mass is 567 g/mol. The largest absolute Gasteiger partial charge is 0.396 e. The Morgan fingerprint density at radius 3 is 2.61 bits per heavy atom. The molecule has 0 spiro atoms. The fourth-order valence-corrected chi connectivity index (χ4v) is 10.3. The number of ether oxygens (including phenoxy) is 1. The van der Waals surface area contributed by atoms with Crippen LogP contribution in [0.25, 0.3) is 0 Å². The van der Waals surface area contributed by atoms with Gasteiger partial charge in [0.05, 0.1) is 18.9 Å². The lowest BCUT2D eigenvalue weighted by molar-refractivity contribution is -0.0658. The highest BCUT2D eigenvalue weighted by atomic mass is 16.5. The Balaban J connectivity index is 1.14. The zero-order valence-electron chi connectivity index (χ0n) is 27.1. The number of rotatable bonds is 14. The molecule has 5 rings (SSSR count). The molecule has 0 radical (unpaired) electrons. The molecule has 0 unspecified atom stereocenters. The van der Waals surface area contributed by atoms with E-state index in [1.54, 1.807) is 5.57 Å². The molecular formula is C36H61N3O2. The average molecular weight is 568 g/mol. The van der Waals surface area contributed by atoms with Crippen molar-refractivity contribution >= 4 is 0 Å². The number of allylic oxidation sites excluding steroid dienone is 1. The van der Waals surface area contributed by atoms with Crippen LogP contribution in [0, 0.1) is 46.3 Å². The van der Waals surface area contributed by atoms with Crippen molar-refractivity contribution in [2.75, 3.05) is 6.61 Å². The van der Waals surface area contributed by atoms with Gasteiger partial charge in [0.2, 0.25) is 0 Å². The van der Waals surface area contributed by atoms with Crippen molar-refractivity contribution < 1.29 is 9.84 Å². The molecule has 0 aliphatic heterocycles. The van der Waals surface area contributed by atoms with Crippen molar-refractivity contribution in [3.63, 3.8) is 0 Å². The first-order chi connectivity index (χ1) is 19.7. The molecule has 4 aliphatic rings. The van der Waals surface area contributed by atoms with Crippen LogP contribution in [0.4, 0.5) is 0 Å². The zero-order chi connectivity index (χ0) is 29.0. The van der Waals surface area contributed by atoms with Gasteiger partial charge in [0, 0.05) is 13.2 Å². The average Bonchev–Trinajstić information content (AvgIpc) is 3.55. The van der Waals surface area contributed by atoms with Gasteiger partial charge in [-0.15, -0.1) is 5.10 Å². The number of nitrogens with zero attached hydrogens (tertiary/aromatic N) is 3. The van der Waals surface area contributed by atoms with E-state index in [0.29, 0.717) is 30.1 Å². The predicted octanol–water partition coefficient (Wildman–Crippen LogP) is 8.76. The van der Waals surface area contributed by atoms with E-state index in [2.05, 4.69) is 57.2 Å². The summed E-state index contributed by atoms with van der Waals surface area (Å²) in [6.07, 6.45) is 24.2. The van der Waals surface area contributed by atoms with E-state index < -0.39 is 0 Å². The second-order valence-corrected chi connectivity index (χ2v) is 15.6. The maximum absolute atomic E-state index is 8.94. The summed E-state index contributed by atoms with van der Waals surface area (Å²) in [5.74, 6) is 5.36. The van der Waals surface area contributed by atoms with Gasteiger partial charge >= 0.3 is 0 Å². The number of aryl methyl sites for hydroxylation is 1. The molecule has 5 nitrogen and oxygen atoms in total. The summed E-state index contributed by atoms with van der Waals surface area (Å²) in [7, 11) is 0. The molecule has 3 saturated carbocycles. The number of unbranched alkanes of at least 4 members (excludes halogenated alkanes) is 3. The van der Waals surface area contributed by atoms with E-state index in [1.807, 2.05) is 4.68 Å². The Morgan fingerprint density at radius 1 is 0.976 bits per heavy atom. The quantitative estimate of drug-likeness (QED) is 0.180. The van der Waals surface area contributed by atoms with Gasteiger partial charge in [-0.25, -0.2) is 0 Å². The normalized spacial score (nSPS) is 35.6. The van der Waals surface area contributed by atoms with Crippen molar-refractivity contribution in [3.8, 4) is 0 Å². The van der Waals surface area contributed by atoms with Crippen LogP contribution in [-0.4, -0.2) is 32.8 Å². The zero-order valence-corrected chi connectivity index (χ0v) is 27.1. The molecule has 232 valence electrons. The van der Waals surface area contributed by atoms with Crippen molar-refractivity contribution in [2.45, 2.75) is 150 Å². The topological polar surface area (TPSA) is 60.2 Å². The third-order valence-electron chi connectivity index (χ3n) is 12.6. The van der Waals surface area contributed by atoms with Crippen LogP contribution in [0.2, 0.25) is 0 Å². The first-order valence-corrected chi connectivity index (χ1v) is 17.6. The summed E-state index contributed by atoms with van der Waals surface area (Å²) in [6.45, 7) is 14.4. The Hall–Kier alpha value is -1.20. The summed E-state index contributed by atoms with van der Waals surface area (Å²) >= 11 is 0. The second-order valence-electron chi connectivity index (χ2n) is 15.6. The van der Waals surface area contributed by atoms with Crippen LogP contribution in [-0.2, 0) is 17.9 Å². The summed E-state index contributed by atoms with van der Waals surface area (Å²) in [6, 6.07) is 0. The lowest BCUT2D eigenvalue weighted by Gasteiger charge is -2.58. The van der Waals surface area contributed by atoms with Gasteiger partial charge in [-0.3, -0.25) is 4.68 Å². The number of aliphatic hydroxyl groups is 1. The third kappa shape index (κ3) is 6.82. The van der Waals surface area contributed by atoms with Gasteiger partial charge in [0.1, 0.15) is 5.69 Å². The summed E-state index contributed by atoms with van der Waals surface area (Å²) < 4.78 is 8.41. The standard InChI is InChI=1S/C36H61N3O2/c1-26(2)11-10-12-27(3)32-15-16-33-31-14-13-28-23-30(17-19-35(28,4)34(31)18-20-36(32,33)5)41-25-29-24-39(38-37-29)21-8-6-7-9-22-40/h13,24,26-27,30-34,40H,6-12,14-23,25H2,1-5H3/t27-,30+,31+,32-,33+,34+,35+,36-/m1/s1. The molecule has 4 aliphatic carbocycles. The number of aliphatic hydroxyl groups excluding tert-OH is 1. The van der Waals surface area contributed by atoms with E-state index in [9.17, 15) is 0 Å². The van der Waals surface area contributed by atoms with Crippen molar-refractivity contribution in [1.29, 1.82) is 0 Å². The molecule has 1 aromatic heterocycles. The molecule has 1 heterocycles. The number of fused-ring (bicyclic) bond motifs is 5. The van der Waals surface area contributed by atoms with E-state index >= 15 is 0 Å². The molecule has 0 saturated heterocycles. The molecule has 41 heavy (non-hydrogen) atoms. The van der Waals surface area contributed by atoms with Crippen molar-refractivity contribution in [3.05, 3.63) is 23.5 Å². The van der Waals surface area contributed by atoms with Gasteiger partial charge in [-0.1, -0.05) is 83.6 Å². The highest BCUT2D eigenvalue weighted by Crippen LogP contribution is 2.67. The second kappa shape index (κ2) is 13.6. The lowest BCUT2D eigenvalue weighted by atomic mass is 9.47. The number of aromatic nitrogens is 3. The molecular weight excluding hydrogens is 506 g/mol. The fourth-order valence-electron chi connectivity index (χ4n) is 10.3. The van der Waals surface area contributed by atoms with Crippen molar-refractivity contribution in [1.82, 2.24) is 15.0 Å². The van der Waals surface area contributed by atoms with E-state index in [-0.39, 0.29) is 0 Å². The molecule has 5 heteroatoms. The Bertz CT molecular complexity index is 1000. The van der Waals surface area contributed by atoms with Crippen LogP contribution >= 0.6 is 0 Å². The Labute approximate surface area is 251 Å². The molecule has 1 N–H and O–H groups in total. The van der Waals surface area contributed by atoms with E-state index in [1.165, 1.54) is 64.2 Å². The Kier molecular flexibility index (Phi) is 10.4. The maximum atomic E-state index is 8.94. The summed E-state index contributed by atoms with van der Waals surface area (Å²) in [5.41, 5.74) is 3.61. The van der Waals surface area contributed by atoms with Crippen LogP contribution < -0.4 is 0 Å². The molecule has 8 atom stereocenters. The highest BCUT2D eigenvalue weighted by molar-refractivity contribution is 5.25. The number of hydrogen-bond acceptors (Lipinski definition) is 4. The smallest absolute Gasteiger partial charge is 0.108 e. The molecule has 0 amide bonds. The minimum absolute atomic E-state index is 0.293. The molecule has 0 bridgehead atoms. The highest BCUT2D eigenvalue weighted by Gasteiger charge is 2.59. The van der Waals surface area contributed by atoms with Crippen LogP contribution in [0.15, 0.2) is 17.8 Å². The minimum atomic E-state index is 0.293. The summed E-state index contributed by atoms with van der Waals surface area (Å²) in [5, 5.41) is 17.6. The molecule has 1 aromatic rings. The van der Waals surface area contributed by atoms with E-state index in [4.69, 9.17) is 9.84 Å². The SMILES string of the molecule is CC(C)CCC[C@@H](C)[C@H]1CC[C@H]2[C@@H]3CC=C4C[C@@H](OCc5cn(CCCCCCO)nn5)CC[C@]4(C)[C@H]3CC[C@]12C. The van der Waals surface area contributed by atoms with Crippen LogP contribution in [0.5, 0.6) is 0 Å². The van der Waals surface area contributed by atoms with Crippen molar-refractivity contribution in [2.24, 2.45) is 46.3 Å². The fraction of sp³-hybridized carbons (Fsp3) is 0.889. The van der Waals surface area contributed by atoms with Gasteiger partial charge in [-0.05, 0) is 111 Å². The third-order valence-corrected chi connectivity index (χ3v) is 12.6. The van der Waals surface area contributed by atoms with Crippen LogP contribution in [0.3, 0.4) is 0 Å². The summed E-state index contributed by atoms with van der Waals surface area (Å²) in [4.78, 5) is 0. The van der Waals surface area contributed by atoms with Gasteiger partial charge in [0.15, 0.2) is 0 Å². The number of hydrogen-bond donors (Lipinski definition) is 1. The Morgan fingerprint density at radius 2 is 1.80 bits per heavy atom. The predicted molar refractivity (Wildman–Crippen MR) is 167 cm³/mol. The van der Waals surface area contributed by atoms with E-state index in [0.717, 1.165) is 79.9 Å². The first kappa shape index (κ1) is 31.2. The van der Waals surface area contributed by atoms with Gasteiger partial charge < -0.3 is 9.84 Å². The minimum Gasteiger partial charge on any atom is -0.396 e. The van der Waals surface area contributed by atoms with Gasteiger partial charge in [0.25, 0.3) is 0 Å². The lowest BCUT2D eigenvalue weighted by Crippen LogP contribution is -2.51. The van der Waals surface area contributed by atoms with Gasteiger partial charge in [-0.2, -0.15) is 0 Å².